The van der Waals surface area contributed by atoms with E-state index in [1.54, 1.807) is 9.80 Å². The number of fused-ring (bicyclic) bond motifs is 4. The van der Waals surface area contributed by atoms with Crippen molar-refractivity contribution in [3.05, 3.63) is 35.9 Å². The molecule has 10 heteroatoms. The summed E-state index contributed by atoms with van der Waals surface area (Å²) in [6.07, 6.45) is -0.696. The first-order chi connectivity index (χ1) is 18.4. The zero-order valence-electron chi connectivity index (χ0n) is 24.4. The molecule has 0 spiro atoms. The first-order valence-corrected chi connectivity index (χ1v) is 14.0. The summed E-state index contributed by atoms with van der Waals surface area (Å²) in [5, 5.41) is 3.48. The van der Waals surface area contributed by atoms with Crippen LogP contribution in [-0.4, -0.2) is 115 Å². The molecule has 0 aliphatic carbocycles. The van der Waals surface area contributed by atoms with Gasteiger partial charge in [0.15, 0.2) is 0 Å². The Hall–Kier alpha value is -2.40. The van der Waals surface area contributed by atoms with Crippen LogP contribution in [0.5, 0.6) is 0 Å². The summed E-state index contributed by atoms with van der Waals surface area (Å²) in [5.41, 5.74) is 0.320. The quantitative estimate of drug-likeness (QED) is 0.605. The van der Waals surface area contributed by atoms with Crippen LogP contribution in [0.2, 0.25) is 0 Å². The highest BCUT2D eigenvalue weighted by Gasteiger charge is 2.44. The first-order valence-electron chi connectivity index (χ1n) is 14.0. The van der Waals surface area contributed by atoms with Gasteiger partial charge in [-0.05, 0) is 47.1 Å². The van der Waals surface area contributed by atoms with E-state index in [4.69, 9.17) is 18.9 Å². The minimum Gasteiger partial charge on any atom is -0.444 e. The van der Waals surface area contributed by atoms with Gasteiger partial charge in [0.05, 0.1) is 38.5 Å². The van der Waals surface area contributed by atoms with Crippen molar-refractivity contribution in [2.24, 2.45) is 0 Å². The van der Waals surface area contributed by atoms with Crippen molar-refractivity contribution in [3.63, 3.8) is 0 Å². The number of rotatable bonds is 2. The Morgan fingerprint density at radius 3 is 1.79 bits per heavy atom. The number of nitrogens with zero attached hydrogens (tertiary/aromatic N) is 3. The second-order valence-electron chi connectivity index (χ2n) is 12.8. The van der Waals surface area contributed by atoms with E-state index in [0.717, 1.165) is 32.8 Å². The summed E-state index contributed by atoms with van der Waals surface area (Å²) >= 11 is 0. The fraction of sp³-hybridized carbons (Fsp3) is 0.724. The van der Waals surface area contributed by atoms with Crippen LogP contribution in [-0.2, 0) is 25.5 Å². The van der Waals surface area contributed by atoms with Crippen molar-refractivity contribution in [1.82, 2.24) is 20.0 Å². The molecule has 2 amide bonds. The first kappa shape index (κ1) is 29.6. The van der Waals surface area contributed by atoms with Gasteiger partial charge in [-0.15, -0.1) is 0 Å². The molecular formula is C29H46N4O6. The molecule has 4 unspecified atom stereocenters. The lowest BCUT2D eigenvalue weighted by Crippen LogP contribution is -2.67. The third kappa shape index (κ3) is 8.30. The van der Waals surface area contributed by atoms with E-state index in [1.165, 1.54) is 5.56 Å². The molecule has 4 atom stereocenters. The number of piperazine rings is 2. The SMILES string of the molecule is CC(C)(C)OC(=O)N1CC2COCC(C1)N2C(=O)OC(C)(C)C.c1ccc(CN2C3CNCC2COC3)cc1. The van der Waals surface area contributed by atoms with Crippen LogP contribution < -0.4 is 5.32 Å². The molecule has 4 heterocycles. The van der Waals surface area contributed by atoms with E-state index in [-0.39, 0.29) is 24.3 Å². The van der Waals surface area contributed by atoms with Crippen molar-refractivity contribution >= 4 is 12.2 Å². The molecule has 1 N–H and O–H groups in total. The van der Waals surface area contributed by atoms with Gasteiger partial charge < -0.3 is 29.2 Å². The summed E-state index contributed by atoms with van der Waals surface area (Å²) in [7, 11) is 0. The molecule has 4 saturated heterocycles. The molecule has 1 aromatic carbocycles. The predicted molar refractivity (Wildman–Crippen MR) is 148 cm³/mol. The van der Waals surface area contributed by atoms with Gasteiger partial charge in [0, 0.05) is 44.8 Å². The summed E-state index contributed by atoms with van der Waals surface area (Å²) < 4.78 is 22.1. The smallest absolute Gasteiger partial charge is 0.411 e. The zero-order chi connectivity index (χ0) is 28.2. The standard InChI is InChI=1S/C16H28N2O5.C13H18N2O/c1-15(2,3)22-13(19)17-7-11-9-21-10-12(8-17)18(11)14(20)23-16(4,5)6;1-2-4-11(5-3-1)8-15-12-6-14-7-13(15)10-16-9-12/h11-12H,7-10H2,1-6H3;1-5,12-14H,6-10H2. The monoisotopic (exact) mass is 546 g/mol. The van der Waals surface area contributed by atoms with E-state index >= 15 is 0 Å². The normalized spacial score (nSPS) is 27.2. The number of carbonyl (C=O) groups excluding carboxylic acids is 2. The van der Waals surface area contributed by atoms with Gasteiger partial charge in [-0.25, -0.2) is 9.59 Å². The average molecular weight is 547 g/mol. The number of amides is 2. The summed E-state index contributed by atoms with van der Waals surface area (Å²) in [6, 6.07) is 11.4. The highest BCUT2D eigenvalue weighted by Crippen LogP contribution is 2.25. The number of hydrogen-bond donors (Lipinski definition) is 1. The van der Waals surface area contributed by atoms with Crippen molar-refractivity contribution in [1.29, 1.82) is 0 Å². The van der Waals surface area contributed by atoms with Gasteiger partial charge in [-0.3, -0.25) is 9.80 Å². The maximum Gasteiger partial charge on any atom is 0.411 e. The third-order valence-electron chi connectivity index (χ3n) is 7.05. The van der Waals surface area contributed by atoms with E-state index in [1.807, 2.05) is 41.5 Å². The van der Waals surface area contributed by atoms with Gasteiger partial charge in [0.25, 0.3) is 0 Å². The van der Waals surface area contributed by atoms with E-state index in [2.05, 4.69) is 40.5 Å². The molecule has 4 fully saturated rings. The third-order valence-corrected chi connectivity index (χ3v) is 7.05. The second kappa shape index (κ2) is 12.4. The Morgan fingerprint density at radius 2 is 1.28 bits per heavy atom. The Kier molecular flexibility index (Phi) is 9.41. The maximum absolute atomic E-state index is 12.4. The topological polar surface area (TPSA) is 92.8 Å². The number of hydrogen-bond acceptors (Lipinski definition) is 8. The largest absolute Gasteiger partial charge is 0.444 e. The Bertz CT molecular complexity index is 927. The van der Waals surface area contributed by atoms with Crippen LogP contribution in [0.15, 0.2) is 30.3 Å². The fourth-order valence-electron chi connectivity index (χ4n) is 5.40. The van der Waals surface area contributed by atoms with Crippen LogP contribution in [0.4, 0.5) is 9.59 Å². The van der Waals surface area contributed by atoms with Crippen LogP contribution >= 0.6 is 0 Å². The molecule has 0 radical (unpaired) electrons. The predicted octanol–water partition coefficient (Wildman–Crippen LogP) is 3.10. The molecule has 39 heavy (non-hydrogen) atoms. The number of nitrogens with one attached hydrogen (secondary N) is 1. The Balaban J connectivity index is 0.000000192. The average Bonchev–Trinajstić information content (AvgIpc) is 2.82. The highest BCUT2D eigenvalue weighted by molar-refractivity contribution is 5.72. The fourth-order valence-corrected chi connectivity index (χ4v) is 5.40. The minimum atomic E-state index is -0.547. The molecule has 4 bridgehead atoms. The van der Waals surface area contributed by atoms with Gasteiger partial charge in [0.2, 0.25) is 0 Å². The summed E-state index contributed by atoms with van der Waals surface area (Å²) in [6.45, 7) is 17.5. The molecule has 1 aromatic rings. The molecule has 10 nitrogen and oxygen atoms in total. The van der Waals surface area contributed by atoms with Crippen molar-refractivity contribution in [2.75, 3.05) is 52.6 Å². The van der Waals surface area contributed by atoms with Crippen LogP contribution in [0, 0.1) is 0 Å². The lowest BCUT2D eigenvalue weighted by Gasteiger charge is -2.49. The zero-order valence-corrected chi connectivity index (χ0v) is 24.4. The molecule has 4 aliphatic rings. The molecule has 4 aliphatic heterocycles. The number of morpholine rings is 2. The maximum atomic E-state index is 12.4. The van der Waals surface area contributed by atoms with E-state index in [9.17, 15) is 9.59 Å². The lowest BCUT2D eigenvalue weighted by atomic mass is 10.0. The summed E-state index contributed by atoms with van der Waals surface area (Å²) in [4.78, 5) is 30.7. The molecule has 0 saturated carbocycles. The van der Waals surface area contributed by atoms with Crippen molar-refractivity contribution in [2.45, 2.75) is 83.5 Å². The van der Waals surface area contributed by atoms with Crippen LogP contribution in [0.3, 0.4) is 0 Å². The molecule has 218 valence electrons. The van der Waals surface area contributed by atoms with Gasteiger partial charge in [-0.1, -0.05) is 30.3 Å². The minimum absolute atomic E-state index is 0.204. The van der Waals surface area contributed by atoms with Crippen molar-refractivity contribution in [3.8, 4) is 0 Å². The van der Waals surface area contributed by atoms with Crippen LogP contribution in [0.1, 0.15) is 47.1 Å². The second-order valence-corrected chi connectivity index (χ2v) is 12.8. The summed E-state index contributed by atoms with van der Waals surface area (Å²) in [5.74, 6) is 0. The Morgan fingerprint density at radius 1 is 0.795 bits per heavy atom. The van der Waals surface area contributed by atoms with Gasteiger partial charge in [0.1, 0.15) is 11.2 Å². The Labute approximate surface area is 232 Å². The molecule has 0 aromatic heterocycles. The molecular weight excluding hydrogens is 500 g/mol. The van der Waals surface area contributed by atoms with E-state index in [0.29, 0.717) is 38.4 Å². The highest BCUT2D eigenvalue weighted by atomic mass is 16.6. The van der Waals surface area contributed by atoms with Gasteiger partial charge in [-0.2, -0.15) is 0 Å². The van der Waals surface area contributed by atoms with Crippen molar-refractivity contribution < 1.29 is 28.5 Å². The molecule has 5 rings (SSSR count). The number of ether oxygens (including phenoxy) is 4. The lowest BCUT2D eigenvalue weighted by molar-refractivity contribution is -0.0978. The van der Waals surface area contributed by atoms with Crippen LogP contribution in [0.25, 0.3) is 0 Å². The van der Waals surface area contributed by atoms with Gasteiger partial charge >= 0.3 is 12.2 Å². The van der Waals surface area contributed by atoms with E-state index < -0.39 is 11.2 Å². The number of benzene rings is 1. The number of carbonyl (C=O) groups is 2.